The van der Waals surface area contributed by atoms with Gasteiger partial charge in [0.15, 0.2) is 0 Å². The normalized spacial score (nSPS) is 20.7. The highest BCUT2D eigenvalue weighted by Gasteiger charge is 2.27. The summed E-state index contributed by atoms with van der Waals surface area (Å²) in [6.07, 6.45) is 0.719. The van der Waals surface area contributed by atoms with Gasteiger partial charge in [-0.05, 0) is 30.7 Å². The molecule has 0 radical (unpaired) electrons. The number of rotatable bonds is 3. The molecule has 1 aliphatic rings. The molecular formula is C12H13Cl2NO2. The van der Waals surface area contributed by atoms with Gasteiger partial charge in [0.2, 0.25) is 0 Å². The van der Waals surface area contributed by atoms with Gasteiger partial charge >= 0.3 is 5.97 Å². The number of hydrogen-bond donors (Lipinski definition) is 1. The van der Waals surface area contributed by atoms with Crippen LogP contribution in [-0.4, -0.2) is 29.1 Å². The Morgan fingerprint density at radius 1 is 1.41 bits per heavy atom. The maximum Gasteiger partial charge on any atom is 0.307 e. The Labute approximate surface area is 110 Å². The Morgan fingerprint density at radius 3 is 2.76 bits per heavy atom. The SMILES string of the molecule is O=C(O)[C@H]1CCN(Cc2ccc(Cl)c(Cl)c2)C1. The first kappa shape index (κ1) is 12.7. The zero-order chi connectivity index (χ0) is 12.4. The summed E-state index contributed by atoms with van der Waals surface area (Å²) in [5, 5.41) is 9.99. The summed E-state index contributed by atoms with van der Waals surface area (Å²) in [6, 6.07) is 5.52. The van der Waals surface area contributed by atoms with Crippen LogP contribution in [0.3, 0.4) is 0 Å². The van der Waals surface area contributed by atoms with E-state index in [1.807, 2.05) is 12.1 Å². The van der Waals surface area contributed by atoms with E-state index < -0.39 is 5.97 Å². The van der Waals surface area contributed by atoms with Crippen molar-refractivity contribution >= 4 is 29.2 Å². The van der Waals surface area contributed by atoms with E-state index in [-0.39, 0.29) is 5.92 Å². The lowest BCUT2D eigenvalue weighted by atomic mass is 10.1. The molecule has 0 amide bonds. The maximum absolute atomic E-state index is 10.8. The number of likely N-dealkylation sites (tertiary alicyclic amines) is 1. The number of hydrogen-bond acceptors (Lipinski definition) is 2. The van der Waals surface area contributed by atoms with E-state index >= 15 is 0 Å². The number of nitrogens with zero attached hydrogens (tertiary/aromatic N) is 1. The fourth-order valence-electron chi connectivity index (χ4n) is 2.07. The van der Waals surface area contributed by atoms with Crippen molar-refractivity contribution in [2.24, 2.45) is 5.92 Å². The third-order valence-electron chi connectivity index (χ3n) is 3.01. The van der Waals surface area contributed by atoms with Gasteiger partial charge in [-0.15, -0.1) is 0 Å². The largest absolute Gasteiger partial charge is 0.481 e. The van der Waals surface area contributed by atoms with E-state index in [1.165, 1.54) is 0 Å². The minimum absolute atomic E-state index is 0.238. The molecule has 92 valence electrons. The maximum atomic E-state index is 10.8. The minimum Gasteiger partial charge on any atom is -0.481 e. The molecule has 0 aliphatic carbocycles. The second-order valence-corrected chi connectivity index (χ2v) is 5.12. The van der Waals surface area contributed by atoms with Gasteiger partial charge in [-0.2, -0.15) is 0 Å². The van der Waals surface area contributed by atoms with Crippen molar-refractivity contribution in [3.63, 3.8) is 0 Å². The van der Waals surface area contributed by atoms with Crippen molar-refractivity contribution in [2.45, 2.75) is 13.0 Å². The van der Waals surface area contributed by atoms with Gasteiger partial charge in [-0.3, -0.25) is 9.69 Å². The van der Waals surface area contributed by atoms with Gasteiger partial charge in [-0.25, -0.2) is 0 Å². The van der Waals surface area contributed by atoms with Crippen LogP contribution in [0.25, 0.3) is 0 Å². The molecule has 2 rings (SSSR count). The molecule has 0 saturated carbocycles. The topological polar surface area (TPSA) is 40.5 Å². The highest BCUT2D eigenvalue weighted by molar-refractivity contribution is 6.42. The van der Waals surface area contributed by atoms with Gasteiger partial charge in [-0.1, -0.05) is 29.3 Å². The molecule has 3 nitrogen and oxygen atoms in total. The summed E-state index contributed by atoms with van der Waals surface area (Å²) < 4.78 is 0. The van der Waals surface area contributed by atoms with Gasteiger partial charge in [0.25, 0.3) is 0 Å². The van der Waals surface area contributed by atoms with Crippen LogP contribution in [0.5, 0.6) is 0 Å². The van der Waals surface area contributed by atoms with E-state index in [0.717, 1.165) is 25.1 Å². The average Bonchev–Trinajstić information content (AvgIpc) is 2.72. The summed E-state index contributed by atoms with van der Waals surface area (Å²) in [6.45, 7) is 2.15. The van der Waals surface area contributed by atoms with Crippen LogP contribution >= 0.6 is 23.2 Å². The van der Waals surface area contributed by atoms with Crippen molar-refractivity contribution in [1.82, 2.24) is 4.90 Å². The van der Waals surface area contributed by atoms with E-state index in [9.17, 15) is 4.79 Å². The molecule has 17 heavy (non-hydrogen) atoms. The van der Waals surface area contributed by atoms with Crippen molar-refractivity contribution in [1.29, 1.82) is 0 Å². The molecule has 1 atom stereocenters. The Morgan fingerprint density at radius 2 is 2.18 bits per heavy atom. The minimum atomic E-state index is -0.707. The molecule has 1 aromatic carbocycles. The Bertz CT molecular complexity index is 437. The molecule has 1 aliphatic heterocycles. The fraction of sp³-hybridized carbons (Fsp3) is 0.417. The zero-order valence-electron chi connectivity index (χ0n) is 9.20. The molecule has 1 saturated heterocycles. The second-order valence-electron chi connectivity index (χ2n) is 4.31. The standard InChI is InChI=1S/C12H13Cl2NO2/c13-10-2-1-8(5-11(10)14)6-15-4-3-9(7-15)12(16)17/h1-2,5,9H,3-4,6-7H2,(H,16,17)/t9-/m0/s1. The van der Waals surface area contributed by atoms with E-state index in [4.69, 9.17) is 28.3 Å². The van der Waals surface area contributed by atoms with Crippen molar-refractivity contribution < 1.29 is 9.90 Å². The predicted octanol–water partition coefficient (Wildman–Crippen LogP) is 2.90. The van der Waals surface area contributed by atoms with Gasteiger partial charge < -0.3 is 5.11 Å². The van der Waals surface area contributed by atoms with Crippen molar-refractivity contribution in [2.75, 3.05) is 13.1 Å². The molecule has 1 N–H and O–H groups in total. The lowest BCUT2D eigenvalue weighted by Gasteiger charge is -2.15. The van der Waals surface area contributed by atoms with E-state index in [1.54, 1.807) is 6.07 Å². The number of carboxylic acid groups (broad SMARTS) is 1. The first-order valence-corrected chi connectivity index (χ1v) is 6.21. The number of halogens is 2. The summed E-state index contributed by atoms with van der Waals surface area (Å²) in [7, 11) is 0. The molecule has 1 aromatic rings. The van der Waals surface area contributed by atoms with Gasteiger partial charge in [0.1, 0.15) is 0 Å². The molecule has 0 spiro atoms. The van der Waals surface area contributed by atoms with Crippen molar-refractivity contribution in [3.05, 3.63) is 33.8 Å². The molecule has 0 aromatic heterocycles. The quantitative estimate of drug-likeness (QED) is 0.921. The number of carbonyl (C=O) groups is 1. The Hall–Kier alpha value is -0.770. The Balaban J connectivity index is 1.98. The molecular weight excluding hydrogens is 261 g/mol. The van der Waals surface area contributed by atoms with Crippen LogP contribution in [0, 0.1) is 5.92 Å². The first-order valence-electron chi connectivity index (χ1n) is 5.45. The number of benzene rings is 1. The monoisotopic (exact) mass is 273 g/mol. The lowest BCUT2D eigenvalue weighted by Crippen LogP contribution is -2.22. The van der Waals surface area contributed by atoms with Crippen LogP contribution in [-0.2, 0) is 11.3 Å². The summed E-state index contributed by atoms with van der Waals surface area (Å²) in [5.41, 5.74) is 1.06. The van der Waals surface area contributed by atoms with Crippen LogP contribution < -0.4 is 0 Å². The highest BCUT2D eigenvalue weighted by Crippen LogP contribution is 2.25. The summed E-state index contributed by atoms with van der Waals surface area (Å²) >= 11 is 11.8. The second kappa shape index (κ2) is 5.25. The van der Waals surface area contributed by atoms with E-state index in [2.05, 4.69) is 4.90 Å². The molecule has 1 fully saturated rings. The molecule has 5 heteroatoms. The lowest BCUT2D eigenvalue weighted by molar-refractivity contribution is -0.141. The van der Waals surface area contributed by atoms with Gasteiger partial charge in [0.05, 0.1) is 16.0 Å². The van der Waals surface area contributed by atoms with Crippen LogP contribution in [0.4, 0.5) is 0 Å². The van der Waals surface area contributed by atoms with Crippen molar-refractivity contribution in [3.8, 4) is 0 Å². The fourth-order valence-corrected chi connectivity index (χ4v) is 2.39. The highest BCUT2D eigenvalue weighted by atomic mass is 35.5. The first-order chi connectivity index (χ1) is 8.06. The molecule has 0 bridgehead atoms. The smallest absolute Gasteiger partial charge is 0.307 e. The Kier molecular flexibility index (Phi) is 3.92. The van der Waals surface area contributed by atoms with Crippen LogP contribution in [0.2, 0.25) is 10.0 Å². The molecule has 0 unspecified atom stereocenters. The predicted molar refractivity (Wildman–Crippen MR) is 67.5 cm³/mol. The third-order valence-corrected chi connectivity index (χ3v) is 3.75. The number of aliphatic carboxylic acids is 1. The average molecular weight is 274 g/mol. The van der Waals surface area contributed by atoms with Crippen LogP contribution in [0.15, 0.2) is 18.2 Å². The summed E-state index contributed by atoms with van der Waals surface area (Å²) in [4.78, 5) is 13.0. The number of carboxylic acids is 1. The molecule has 1 heterocycles. The zero-order valence-corrected chi connectivity index (χ0v) is 10.7. The third kappa shape index (κ3) is 3.12. The van der Waals surface area contributed by atoms with E-state index in [0.29, 0.717) is 16.6 Å². The summed E-state index contributed by atoms with van der Waals surface area (Å²) in [5.74, 6) is -0.945. The van der Waals surface area contributed by atoms with Crippen LogP contribution in [0.1, 0.15) is 12.0 Å². The van der Waals surface area contributed by atoms with Gasteiger partial charge in [0, 0.05) is 13.1 Å².